The maximum Gasteiger partial charge on any atom is 0.279 e. The van der Waals surface area contributed by atoms with E-state index in [1.165, 1.54) is 11.8 Å². The summed E-state index contributed by atoms with van der Waals surface area (Å²) in [6.45, 7) is 2.44. The van der Waals surface area contributed by atoms with Gasteiger partial charge in [-0.1, -0.05) is 30.3 Å². The predicted octanol–water partition coefficient (Wildman–Crippen LogP) is 2.44. The van der Waals surface area contributed by atoms with Crippen molar-refractivity contribution in [2.24, 2.45) is 0 Å². The number of rotatable bonds is 5. The van der Waals surface area contributed by atoms with Gasteiger partial charge >= 0.3 is 0 Å². The van der Waals surface area contributed by atoms with Gasteiger partial charge in [-0.2, -0.15) is 5.10 Å². The van der Waals surface area contributed by atoms with Crippen LogP contribution >= 0.6 is 0 Å². The highest BCUT2D eigenvalue weighted by molar-refractivity contribution is 5.89. The Morgan fingerprint density at radius 1 is 1.14 bits per heavy atom. The van der Waals surface area contributed by atoms with Crippen LogP contribution in [-0.2, 0) is 11.4 Å². The van der Waals surface area contributed by atoms with Gasteiger partial charge in [-0.05, 0) is 17.7 Å². The number of morpholine rings is 1. The lowest BCUT2D eigenvalue weighted by Crippen LogP contribution is -2.42. The first-order valence-corrected chi connectivity index (χ1v) is 9.21. The Bertz CT molecular complexity index is 1020. The average molecular weight is 381 g/mol. The van der Waals surface area contributed by atoms with Gasteiger partial charge in [0.05, 0.1) is 45.2 Å². The van der Waals surface area contributed by atoms with E-state index < -0.39 is 0 Å². The third-order valence-corrected chi connectivity index (χ3v) is 5.02. The van der Waals surface area contributed by atoms with E-state index in [1.54, 1.807) is 19.4 Å². The summed E-state index contributed by atoms with van der Waals surface area (Å²) < 4.78 is 18.2. The molecule has 1 aliphatic heterocycles. The minimum Gasteiger partial charge on any atom is -0.493 e. The lowest BCUT2D eigenvalue weighted by molar-refractivity contribution is -0.0421. The number of hydrogen-bond donors (Lipinski definition) is 0. The van der Waals surface area contributed by atoms with Crippen LogP contribution < -0.4 is 15.0 Å². The normalized spacial score (nSPS) is 17.6. The zero-order valence-corrected chi connectivity index (χ0v) is 16.0. The first-order valence-electron chi connectivity index (χ1n) is 9.21. The molecule has 0 N–H and O–H groups in total. The molecule has 1 atom stereocenters. The van der Waals surface area contributed by atoms with Crippen LogP contribution in [0.3, 0.4) is 0 Å². The number of fused-ring (bicyclic) bond motifs is 1. The Labute approximate surface area is 163 Å². The van der Waals surface area contributed by atoms with Crippen LogP contribution in [0.5, 0.6) is 11.5 Å². The molecule has 0 amide bonds. The predicted molar refractivity (Wildman–Crippen MR) is 106 cm³/mol. The summed E-state index contributed by atoms with van der Waals surface area (Å²) in [6.07, 6.45) is 1.68. The molecule has 2 aromatic carbocycles. The van der Waals surface area contributed by atoms with Crippen molar-refractivity contribution >= 4 is 10.8 Å². The molecular formula is C21H23N3O4. The number of benzene rings is 2. The molecule has 0 aliphatic carbocycles. The third kappa shape index (κ3) is 3.46. The van der Waals surface area contributed by atoms with Crippen molar-refractivity contribution in [2.45, 2.75) is 12.8 Å². The third-order valence-electron chi connectivity index (χ3n) is 5.02. The summed E-state index contributed by atoms with van der Waals surface area (Å²) in [4.78, 5) is 15.3. The van der Waals surface area contributed by atoms with E-state index in [0.717, 1.165) is 17.5 Å². The number of methoxy groups -OCH3 is 2. The van der Waals surface area contributed by atoms with Gasteiger partial charge < -0.3 is 14.2 Å². The Morgan fingerprint density at radius 3 is 2.71 bits per heavy atom. The molecular weight excluding hydrogens is 358 g/mol. The minimum absolute atomic E-state index is 0.0132. The van der Waals surface area contributed by atoms with Crippen LogP contribution in [0.1, 0.15) is 11.7 Å². The molecule has 28 heavy (non-hydrogen) atoms. The second kappa shape index (κ2) is 8.00. The summed E-state index contributed by atoms with van der Waals surface area (Å²) in [6, 6.07) is 13.7. The summed E-state index contributed by atoms with van der Waals surface area (Å²) in [7, 11) is 3.09. The molecule has 4 rings (SSSR count). The molecule has 7 heteroatoms. The van der Waals surface area contributed by atoms with Crippen molar-refractivity contribution in [3.8, 4) is 11.5 Å². The van der Waals surface area contributed by atoms with Gasteiger partial charge in [0.1, 0.15) is 0 Å². The van der Waals surface area contributed by atoms with Crippen molar-refractivity contribution in [2.75, 3.05) is 33.9 Å². The molecule has 1 aliphatic rings. The Morgan fingerprint density at radius 2 is 1.96 bits per heavy atom. The zero-order chi connectivity index (χ0) is 19.5. The molecule has 0 unspecified atom stereocenters. The second-order valence-electron chi connectivity index (χ2n) is 6.70. The van der Waals surface area contributed by atoms with E-state index in [2.05, 4.69) is 22.1 Å². The van der Waals surface area contributed by atoms with Crippen LogP contribution in [-0.4, -0.2) is 48.6 Å². The molecule has 0 bridgehead atoms. The Kier molecular flexibility index (Phi) is 5.27. The summed E-state index contributed by atoms with van der Waals surface area (Å²) in [5, 5.41) is 5.56. The molecule has 0 spiro atoms. The number of hydrogen-bond acceptors (Lipinski definition) is 6. The lowest BCUT2D eigenvalue weighted by atomic mass is 10.1. The summed E-state index contributed by atoms with van der Waals surface area (Å²) in [5.74, 6) is 0.964. The van der Waals surface area contributed by atoms with E-state index in [1.807, 2.05) is 24.3 Å². The number of ether oxygens (including phenoxy) is 3. The SMILES string of the molecule is COc1ccc2cnn(CN3CCO[C@@H](c4ccccc4)C3)c(=O)c2c1OC. The second-order valence-corrected chi connectivity index (χ2v) is 6.70. The van der Waals surface area contributed by atoms with Gasteiger partial charge in [0, 0.05) is 18.5 Å². The Balaban J connectivity index is 1.63. The fourth-order valence-corrected chi connectivity index (χ4v) is 3.57. The Hall–Kier alpha value is -2.90. The van der Waals surface area contributed by atoms with Gasteiger partial charge in [-0.3, -0.25) is 9.69 Å². The fourth-order valence-electron chi connectivity index (χ4n) is 3.57. The van der Waals surface area contributed by atoms with Gasteiger partial charge in [0.15, 0.2) is 11.5 Å². The largest absolute Gasteiger partial charge is 0.493 e. The average Bonchev–Trinajstić information content (AvgIpc) is 2.75. The molecule has 0 radical (unpaired) electrons. The smallest absolute Gasteiger partial charge is 0.279 e. The molecule has 1 saturated heterocycles. The van der Waals surface area contributed by atoms with Gasteiger partial charge in [-0.15, -0.1) is 0 Å². The van der Waals surface area contributed by atoms with Gasteiger partial charge in [0.25, 0.3) is 5.56 Å². The van der Waals surface area contributed by atoms with Gasteiger partial charge in [-0.25, -0.2) is 4.68 Å². The highest BCUT2D eigenvalue weighted by Gasteiger charge is 2.23. The number of nitrogens with zero attached hydrogens (tertiary/aromatic N) is 3. The van der Waals surface area contributed by atoms with Crippen molar-refractivity contribution in [3.05, 3.63) is 64.6 Å². The topological polar surface area (TPSA) is 65.8 Å². The lowest BCUT2D eigenvalue weighted by Gasteiger charge is -2.33. The summed E-state index contributed by atoms with van der Waals surface area (Å²) >= 11 is 0. The molecule has 3 aromatic rings. The first-order chi connectivity index (χ1) is 13.7. The minimum atomic E-state index is -0.198. The quantitative estimate of drug-likeness (QED) is 0.676. The van der Waals surface area contributed by atoms with E-state index in [4.69, 9.17) is 14.2 Å². The highest BCUT2D eigenvalue weighted by atomic mass is 16.5. The zero-order valence-electron chi connectivity index (χ0n) is 16.0. The first kappa shape index (κ1) is 18.5. The van der Waals surface area contributed by atoms with Crippen LogP contribution in [0.4, 0.5) is 0 Å². The van der Waals surface area contributed by atoms with Crippen LogP contribution in [0.25, 0.3) is 10.8 Å². The molecule has 1 fully saturated rings. The standard InChI is InChI=1S/C21H23N3O4/c1-26-17-9-8-16-12-22-24(21(25)19(16)20(17)27-2)14-23-10-11-28-18(13-23)15-6-4-3-5-7-15/h3-9,12,18H,10-11,13-14H2,1-2H3/t18-/m1/s1. The molecule has 7 nitrogen and oxygen atoms in total. The maximum absolute atomic E-state index is 13.1. The fraction of sp³-hybridized carbons (Fsp3) is 0.333. The molecule has 146 valence electrons. The van der Waals surface area contributed by atoms with Crippen molar-refractivity contribution in [1.29, 1.82) is 0 Å². The van der Waals surface area contributed by atoms with E-state index in [0.29, 0.717) is 36.7 Å². The maximum atomic E-state index is 13.1. The van der Waals surface area contributed by atoms with Crippen molar-refractivity contribution in [1.82, 2.24) is 14.7 Å². The van der Waals surface area contributed by atoms with E-state index in [-0.39, 0.29) is 11.7 Å². The van der Waals surface area contributed by atoms with Crippen molar-refractivity contribution in [3.63, 3.8) is 0 Å². The van der Waals surface area contributed by atoms with Crippen LogP contribution in [0.2, 0.25) is 0 Å². The summed E-state index contributed by atoms with van der Waals surface area (Å²) in [5.41, 5.74) is 0.938. The molecule has 2 heterocycles. The monoisotopic (exact) mass is 381 g/mol. The van der Waals surface area contributed by atoms with E-state index >= 15 is 0 Å². The van der Waals surface area contributed by atoms with Gasteiger partial charge in [0.2, 0.25) is 0 Å². The van der Waals surface area contributed by atoms with Crippen molar-refractivity contribution < 1.29 is 14.2 Å². The van der Waals surface area contributed by atoms with Crippen LogP contribution in [0, 0.1) is 0 Å². The molecule has 0 saturated carbocycles. The van der Waals surface area contributed by atoms with E-state index in [9.17, 15) is 4.79 Å². The molecule has 1 aromatic heterocycles. The van der Waals surface area contributed by atoms with Crippen LogP contribution in [0.15, 0.2) is 53.5 Å². The number of aromatic nitrogens is 2. The highest BCUT2D eigenvalue weighted by Crippen LogP contribution is 2.32.